The van der Waals surface area contributed by atoms with Gasteiger partial charge in [-0.1, -0.05) is 42.5 Å². The summed E-state index contributed by atoms with van der Waals surface area (Å²) in [6.07, 6.45) is -5.57. The van der Waals surface area contributed by atoms with Crippen LogP contribution in [0.25, 0.3) is 11.1 Å². The minimum atomic E-state index is -1.55. The number of benzene rings is 1. The van der Waals surface area contributed by atoms with E-state index in [0.29, 0.717) is 11.1 Å². The van der Waals surface area contributed by atoms with Crippen LogP contribution in [0, 0.1) is 27.3 Å². The van der Waals surface area contributed by atoms with Crippen LogP contribution < -0.4 is 5.73 Å². The van der Waals surface area contributed by atoms with Gasteiger partial charge in [0.2, 0.25) is 0 Å². The van der Waals surface area contributed by atoms with Crippen molar-refractivity contribution in [3.8, 4) is 23.3 Å². The van der Waals surface area contributed by atoms with E-state index in [1.54, 1.807) is 30.3 Å². The van der Waals surface area contributed by atoms with E-state index in [4.69, 9.17) is 22.7 Å². The Kier molecular flexibility index (Phi) is 5.24. The SMILES string of the molecule is N#Cc1c(-c2ccccc2)c(C#N)c(=S)n([C@H]2OC[C@@H](O)[C@@H](O)[C@H]2O)c1N. The summed E-state index contributed by atoms with van der Waals surface area (Å²) in [5.41, 5.74) is 7.08. The average molecular weight is 384 g/mol. The molecule has 1 aromatic carbocycles. The van der Waals surface area contributed by atoms with Crippen molar-refractivity contribution in [1.29, 1.82) is 10.5 Å². The zero-order valence-electron chi connectivity index (χ0n) is 14.0. The van der Waals surface area contributed by atoms with E-state index >= 15 is 0 Å². The minimum Gasteiger partial charge on any atom is -0.388 e. The van der Waals surface area contributed by atoms with E-state index < -0.39 is 24.5 Å². The summed E-state index contributed by atoms with van der Waals surface area (Å²) in [6.45, 7) is -0.270. The highest BCUT2D eigenvalue weighted by atomic mass is 32.1. The van der Waals surface area contributed by atoms with Crippen LogP contribution in [-0.4, -0.2) is 44.8 Å². The first-order valence-corrected chi connectivity index (χ1v) is 8.42. The maximum absolute atomic E-state index is 10.3. The standard InChI is InChI=1S/C18H16N4O4S/c19-6-10-13(9-4-2-1-3-5-9)11(7-20)18(27)22(16(10)21)17-15(25)14(24)12(23)8-26-17/h1-5,12,14-15,17,23-25H,8,21H2/t12-,14-,15-,17+/m1/s1. The van der Waals surface area contributed by atoms with Gasteiger partial charge in [0.1, 0.15) is 46.5 Å². The molecule has 4 atom stereocenters. The van der Waals surface area contributed by atoms with E-state index in [0.717, 1.165) is 4.57 Å². The monoisotopic (exact) mass is 384 g/mol. The smallest absolute Gasteiger partial charge is 0.165 e. The second-order valence-electron chi connectivity index (χ2n) is 6.05. The number of nitriles is 2. The highest BCUT2D eigenvalue weighted by molar-refractivity contribution is 7.71. The van der Waals surface area contributed by atoms with Crippen LogP contribution in [0.2, 0.25) is 0 Å². The second kappa shape index (κ2) is 7.45. The molecule has 5 N–H and O–H groups in total. The zero-order valence-corrected chi connectivity index (χ0v) is 14.8. The van der Waals surface area contributed by atoms with Crippen molar-refractivity contribution in [3.05, 3.63) is 46.1 Å². The van der Waals surface area contributed by atoms with Crippen molar-refractivity contribution in [3.63, 3.8) is 0 Å². The lowest BCUT2D eigenvalue weighted by molar-refractivity contribution is -0.210. The Balaban J connectivity index is 2.29. The fourth-order valence-electron chi connectivity index (χ4n) is 3.09. The van der Waals surface area contributed by atoms with E-state index in [9.17, 15) is 25.8 Å². The number of anilines is 1. The molecule has 2 aromatic rings. The molecular formula is C18H16N4O4S. The molecule has 0 saturated carbocycles. The van der Waals surface area contributed by atoms with Crippen LogP contribution in [0.1, 0.15) is 17.4 Å². The van der Waals surface area contributed by atoms with Crippen molar-refractivity contribution in [1.82, 2.24) is 4.57 Å². The number of nitrogen functional groups attached to an aromatic ring is 1. The predicted octanol–water partition coefficient (Wildman–Crippen LogP) is 0.822. The molecule has 1 fully saturated rings. The lowest BCUT2D eigenvalue weighted by Gasteiger charge is -2.37. The largest absolute Gasteiger partial charge is 0.388 e. The molecule has 0 bridgehead atoms. The van der Waals surface area contributed by atoms with Crippen molar-refractivity contribution in [2.24, 2.45) is 0 Å². The summed E-state index contributed by atoms with van der Waals surface area (Å²) in [5, 5.41) is 49.2. The van der Waals surface area contributed by atoms with Crippen LogP contribution in [0.15, 0.2) is 30.3 Å². The summed E-state index contributed by atoms with van der Waals surface area (Å²) in [6, 6.07) is 12.7. The number of hydrogen-bond acceptors (Lipinski definition) is 8. The molecule has 9 heteroatoms. The number of nitrogens with two attached hydrogens (primary N) is 1. The Morgan fingerprint density at radius 2 is 1.70 bits per heavy atom. The van der Waals surface area contributed by atoms with Crippen molar-refractivity contribution < 1.29 is 20.1 Å². The van der Waals surface area contributed by atoms with Gasteiger partial charge in [0.15, 0.2) is 6.23 Å². The normalized spacial score (nSPS) is 24.8. The Bertz CT molecular complexity index is 1010. The fraction of sp³-hybridized carbons (Fsp3) is 0.278. The molecule has 0 amide bonds. The van der Waals surface area contributed by atoms with Crippen molar-refractivity contribution in [2.75, 3.05) is 12.3 Å². The Morgan fingerprint density at radius 1 is 1.07 bits per heavy atom. The molecule has 1 aromatic heterocycles. The third-order valence-electron chi connectivity index (χ3n) is 4.46. The molecule has 1 saturated heterocycles. The number of hydrogen-bond donors (Lipinski definition) is 4. The summed E-state index contributed by atoms with van der Waals surface area (Å²) < 4.78 is 6.50. The van der Waals surface area contributed by atoms with Gasteiger partial charge in [0, 0.05) is 5.56 Å². The van der Waals surface area contributed by atoms with Crippen LogP contribution >= 0.6 is 12.2 Å². The lowest BCUT2D eigenvalue weighted by Crippen LogP contribution is -2.51. The number of aromatic nitrogens is 1. The number of rotatable bonds is 2. The average Bonchev–Trinajstić information content (AvgIpc) is 2.68. The number of aliphatic hydroxyl groups excluding tert-OH is 3. The topological polar surface area (TPSA) is 148 Å². The van der Waals surface area contributed by atoms with Crippen molar-refractivity contribution in [2.45, 2.75) is 24.5 Å². The highest BCUT2D eigenvalue weighted by Crippen LogP contribution is 2.36. The Hall–Kier alpha value is -2.79. The van der Waals surface area contributed by atoms with Gasteiger partial charge in [-0.05, 0) is 5.56 Å². The quantitative estimate of drug-likeness (QED) is 0.556. The molecule has 138 valence electrons. The lowest BCUT2D eigenvalue weighted by atomic mass is 9.96. The first kappa shape index (κ1) is 19.0. The van der Waals surface area contributed by atoms with Gasteiger partial charge < -0.3 is 25.8 Å². The first-order valence-electron chi connectivity index (χ1n) is 8.01. The molecule has 0 spiro atoms. The number of nitrogens with zero attached hydrogens (tertiary/aromatic N) is 3. The maximum Gasteiger partial charge on any atom is 0.165 e. The molecule has 0 radical (unpaired) electrons. The molecule has 1 aliphatic rings. The molecule has 27 heavy (non-hydrogen) atoms. The highest BCUT2D eigenvalue weighted by Gasteiger charge is 2.40. The Labute approximate surface area is 159 Å². The zero-order chi connectivity index (χ0) is 19.7. The van der Waals surface area contributed by atoms with E-state index in [2.05, 4.69) is 0 Å². The number of aliphatic hydroxyl groups is 3. The van der Waals surface area contributed by atoms with Crippen molar-refractivity contribution >= 4 is 18.0 Å². The molecular weight excluding hydrogens is 368 g/mol. The summed E-state index contributed by atoms with van der Waals surface area (Å²) in [7, 11) is 0. The van der Waals surface area contributed by atoms with Gasteiger partial charge in [-0.2, -0.15) is 10.5 Å². The predicted molar refractivity (Wildman–Crippen MR) is 97.6 cm³/mol. The Morgan fingerprint density at radius 3 is 2.30 bits per heavy atom. The summed E-state index contributed by atoms with van der Waals surface area (Å²) >= 11 is 5.39. The van der Waals surface area contributed by atoms with E-state index in [1.165, 1.54) is 0 Å². The summed E-state index contributed by atoms with van der Waals surface area (Å²) in [4.78, 5) is 0. The van der Waals surface area contributed by atoms with E-state index in [-0.39, 0.29) is 28.2 Å². The van der Waals surface area contributed by atoms with Crippen LogP contribution in [0.3, 0.4) is 0 Å². The van der Waals surface area contributed by atoms with Gasteiger partial charge in [0.25, 0.3) is 0 Å². The molecule has 3 rings (SSSR count). The van der Waals surface area contributed by atoms with Gasteiger partial charge in [0.05, 0.1) is 12.2 Å². The van der Waals surface area contributed by atoms with Gasteiger partial charge in [-0.3, -0.25) is 4.57 Å². The maximum atomic E-state index is 10.3. The van der Waals surface area contributed by atoms with Crippen LogP contribution in [0.4, 0.5) is 5.82 Å². The summed E-state index contributed by atoms with van der Waals surface area (Å²) in [5.74, 6) is -0.104. The molecule has 0 aliphatic carbocycles. The molecule has 8 nitrogen and oxygen atoms in total. The molecule has 2 heterocycles. The third kappa shape index (κ3) is 3.08. The fourth-order valence-corrected chi connectivity index (χ4v) is 3.44. The van der Waals surface area contributed by atoms with Gasteiger partial charge in [-0.15, -0.1) is 0 Å². The minimum absolute atomic E-state index is 0.00256. The van der Waals surface area contributed by atoms with Crippen LogP contribution in [-0.2, 0) is 4.74 Å². The van der Waals surface area contributed by atoms with Gasteiger partial charge >= 0.3 is 0 Å². The second-order valence-corrected chi connectivity index (χ2v) is 6.43. The van der Waals surface area contributed by atoms with Gasteiger partial charge in [-0.25, -0.2) is 0 Å². The first-order chi connectivity index (χ1) is 12.9. The molecule has 0 unspecified atom stereocenters. The van der Waals surface area contributed by atoms with E-state index in [1.807, 2.05) is 12.1 Å². The third-order valence-corrected chi connectivity index (χ3v) is 4.86. The number of pyridine rings is 1. The molecule has 1 aliphatic heterocycles. The number of ether oxygens (including phenoxy) is 1. The van der Waals surface area contributed by atoms with Crippen LogP contribution in [0.5, 0.6) is 0 Å².